The number of nitrogens with one attached hydrogen (secondary N) is 1. The van der Waals surface area contributed by atoms with E-state index in [-0.39, 0.29) is 41.5 Å². The van der Waals surface area contributed by atoms with Crippen LogP contribution < -0.4 is 5.32 Å². The molecular weight excluding hydrogens is 495 g/mol. The summed E-state index contributed by atoms with van der Waals surface area (Å²) in [6.45, 7) is -0.118. The van der Waals surface area contributed by atoms with Crippen molar-refractivity contribution in [3.63, 3.8) is 0 Å². The Labute approximate surface area is 212 Å². The van der Waals surface area contributed by atoms with Crippen LogP contribution in [0, 0.1) is 5.82 Å². The van der Waals surface area contributed by atoms with Gasteiger partial charge in [0.1, 0.15) is 5.82 Å². The minimum Gasteiger partial charge on any atom is -0.376 e. The predicted molar refractivity (Wildman–Crippen MR) is 134 cm³/mol. The molecule has 0 bridgehead atoms. The number of sulfone groups is 1. The number of fused-ring (bicyclic) bond motifs is 2. The standard InChI is InChI=1S/C27H23FN4O4S/c28-21-10-18(11-26-20(21)15-36-8-9-37(26,34)35)27(33)30-14-19-12-25-17(13-29-19)6-7-24(32-25)23-3-1-2-22(31-23)16-4-5-16/h1-3,6-7,10-13,16H,4-5,8-9,14-15H2,(H,30,33). The molecule has 188 valence electrons. The average Bonchev–Trinajstić information content (AvgIpc) is 3.76. The molecule has 10 heteroatoms. The average molecular weight is 519 g/mol. The predicted octanol–water partition coefficient (Wildman–Crippen LogP) is 3.94. The van der Waals surface area contributed by atoms with Gasteiger partial charge in [0.15, 0.2) is 9.84 Å². The summed E-state index contributed by atoms with van der Waals surface area (Å²) in [7, 11) is -3.75. The van der Waals surface area contributed by atoms with Crippen LogP contribution in [0.25, 0.3) is 22.3 Å². The lowest BCUT2D eigenvalue weighted by atomic mass is 10.1. The Kier molecular flexibility index (Phi) is 5.92. The molecule has 0 saturated heterocycles. The van der Waals surface area contributed by atoms with Crippen molar-refractivity contribution in [1.29, 1.82) is 0 Å². The van der Waals surface area contributed by atoms with Gasteiger partial charge in [0.05, 0.1) is 53.0 Å². The Morgan fingerprint density at radius 1 is 1.08 bits per heavy atom. The molecule has 1 saturated carbocycles. The highest BCUT2D eigenvalue weighted by molar-refractivity contribution is 7.91. The van der Waals surface area contributed by atoms with Gasteiger partial charge in [-0.15, -0.1) is 0 Å². The first-order valence-electron chi connectivity index (χ1n) is 12.0. The lowest BCUT2D eigenvalue weighted by Gasteiger charge is -2.11. The van der Waals surface area contributed by atoms with Crippen molar-refractivity contribution in [2.75, 3.05) is 12.4 Å². The molecule has 4 aromatic rings. The molecule has 0 spiro atoms. The maximum Gasteiger partial charge on any atom is 0.251 e. The zero-order valence-electron chi connectivity index (χ0n) is 19.8. The second-order valence-electron chi connectivity index (χ2n) is 9.28. The number of ether oxygens (including phenoxy) is 1. The zero-order valence-corrected chi connectivity index (χ0v) is 20.6. The number of aromatic nitrogens is 3. The van der Waals surface area contributed by atoms with E-state index < -0.39 is 21.6 Å². The number of rotatable bonds is 5. The number of halogens is 1. The molecular formula is C27H23FN4O4S. The van der Waals surface area contributed by atoms with Gasteiger partial charge < -0.3 is 10.1 Å². The molecule has 1 aromatic carbocycles. The van der Waals surface area contributed by atoms with Gasteiger partial charge in [-0.05, 0) is 55.3 Å². The summed E-state index contributed by atoms with van der Waals surface area (Å²) in [5.74, 6) is -1.11. The fourth-order valence-corrected chi connectivity index (χ4v) is 5.78. The van der Waals surface area contributed by atoms with Crippen molar-refractivity contribution in [2.24, 2.45) is 0 Å². The van der Waals surface area contributed by atoms with Crippen molar-refractivity contribution >= 4 is 26.6 Å². The SMILES string of the molecule is O=C(NCc1cc2nc(-c3cccc(C4CC4)n3)ccc2cn1)c1cc(F)c2c(c1)S(=O)(=O)CCOC2. The largest absolute Gasteiger partial charge is 0.376 e. The lowest BCUT2D eigenvalue weighted by Crippen LogP contribution is -2.24. The summed E-state index contributed by atoms with van der Waals surface area (Å²) in [5, 5.41) is 3.54. The van der Waals surface area contributed by atoms with E-state index in [2.05, 4.69) is 10.3 Å². The van der Waals surface area contributed by atoms with E-state index in [1.165, 1.54) is 18.9 Å². The van der Waals surface area contributed by atoms with Crippen LogP contribution in [0.4, 0.5) is 4.39 Å². The van der Waals surface area contributed by atoms with Gasteiger partial charge in [-0.2, -0.15) is 0 Å². The smallest absolute Gasteiger partial charge is 0.251 e. The number of carbonyl (C=O) groups excluding carboxylic acids is 1. The molecule has 1 aliphatic heterocycles. The van der Waals surface area contributed by atoms with Crippen molar-refractivity contribution in [1.82, 2.24) is 20.3 Å². The van der Waals surface area contributed by atoms with E-state index in [4.69, 9.17) is 14.7 Å². The van der Waals surface area contributed by atoms with E-state index in [0.29, 0.717) is 17.1 Å². The second-order valence-corrected chi connectivity index (χ2v) is 11.4. The molecule has 1 amide bonds. The number of hydrogen-bond acceptors (Lipinski definition) is 7. The summed E-state index contributed by atoms with van der Waals surface area (Å²) in [6, 6.07) is 13.9. The first-order chi connectivity index (χ1) is 17.9. The zero-order chi connectivity index (χ0) is 25.6. The maximum atomic E-state index is 14.7. The Morgan fingerprint density at radius 3 is 2.76 bits per heavy atom. The van der Waals surface area contributed by atoms with Crippen molar-refractivity contribution in [3.8, 4) is 11.4 Å². The minimum atomic E-state index is -3.75. The molecule has 0 atom stereocenters. The molecule has 1 aliphatic carbocycles. The van der Waals surface area contributed by atoms with Gasteiger partial charge in [-0.3, -0.25) is 14.8 Å². The van der Waals surface area contributed by atoms with Gasteiger partial charge in [0.2, 0.25) is 0 Å². The van der Waals surface area contributed by atoms with Crippen LogP contribution >= 0.6 is 0 Å². The van der Waals surface area contributed by atoms with Gasteiger partial charge in [0, 0.05) is 34.3 Å². The third-order valence-corrected chi connectivity index (χ3v) is 8.32. The summed E-state index contributed by atoms with van der Waals surface area (Å²) in [5.41, 5.74) is 3.78. The Bertz CT molecular complexity index is 1650. The molecule has 3 aromatic heterocycles. The summed E-state index contributed by atoms with van der Waals surface area (Å²) < 4.78 is 44.9. The van der Waals surface area contributed by atoms with Crippen LogP contribution in [0.15, 0.2) is 59.6 Å². The topological polar surface area (TPSA) is 111 Å². The Morgan fingerprint density at radius 2 is 1.92 bits per heavy atom. The third-order valence-electron chi connectivity index (χ3n) is 6.58. The molecule has 4 heterocycles. The van der Waals surface area contributed by atoms with Gasteiger partial charge >= 0.3 is 0 Å². The quantitative estimate of drug-likeness (QED) is 0.426. The van der Waals surface area contributed by atoms with Crippen LogP contribution in [-0.4, -0.2) is 41.6 Å². The molecule has 0 radical (unpaired) electrons. The molecule has 0 unspecified atom stereocenters. The number of amides is 1. The van der Waals surface area contributed by atoms with Crippen molar-refractivity contribution in [2.45, 2.75) is 36.8 Å². The normalized spacial score (nSPS) is 16.7. The lowest BCUT2D eigenvalue weighted by molar-refractivity contribution is 0.0949. The Hall–Kier alpha value is -3.76. The van der Waals surface area contributed by atoms with E-state index >= 15 is 0 Å². The highest BCUT2D eigenvalue weighted by Gasteiger charge is 2.27. The van der Waals surface area contributed by atoms with E-state index in [9.17, 15) is 17.6 Å². The molecule has 1 N–H and O–H groups in total. The number of nitrogens with zero attached hydrogens (tertiary/aromatic N) is 3. The number of pyridine rings is 3. The molecule has 37 heavy (non-hydrogen) atoms. The monoisotopic (exact) mass is 518 g/mol. The first kappa shape index (κ1) is 23.6. The van der Waals surface area contributed by atoms with Gasteiger partial charge in [-0.1, -0.05) is 6.07 Å². The van der Waals surface area contributed by atoms with E-state index in [1.54, 1.807) is 12.3 Å². The van der Waals surface area contributed by atoms with Gasteiger partial charge in [0.25, 0.3) is 5.91 Å². The summed E-state index contributed by atoms with van der Waals surface area (Å²) in [6.07, 6.45) is 4.02. The van der Waals surface area contributed by atoms with Crippen LogP contribution in [0.3, 0.4) is 0 Å². The highest BCUT2D eigenvalue weighted by Crippen LogP contribution is 2.39. The van der Waals surface area contributed by atoms with Crippen molar-refractivity contribution in [3.05, 3.63) is 83.1 Å². The number of carbonyl (C=O) groups is 1. The van der Waals surface area contributed by atoms with Crippen LogP contribution in [0.5, 0.6) is 0 Å². The van der Waals surface area contributed by atoms with E-state index in [1.807, 2.05) is 30.3 Å². The highest BCUT2D eigenvalue weighted by atomic mass is 32.2. The molecule has 2 aliphatic rings. The molecule has 8 nitrogen and oxygen atoms in total. The summed E-state index contributed by atoms with van der Waals surface area (Å²) in [4.78, 5) is 26.5. The fraction of sp³-hybridized carbons (Fsp3) is 0.259. The van der Waals surface area contributed by atoms with Crippen LogP contribution in [0.1, 0.15) is 46.1 Å². The van der Waals surface area contributed by atoms with Gasteiger partial charge in [-0.25, -0.2) is 17.8 Å². The Balaban J connectivity index is 1.23. The van der Waals surface area contributed by atoms with Crippen LogP contribution in [0.2, 0.25) is 0 Å². The van der Waals surface area contributed by atoms with Crippen LogP contribution in [-0.2, 0) is 27.7 Å². The minimum absolute atomic E-state index is 0.0244. The number of benzene rings is 1. The summed E-state index contributed by atoms with van der Waals surface area (Å²) >= 11 is 0. The first-order valence-corrected chi connectivity index (χ1v) is 13.7. The van der Waals surface area contributed by atoms with E-state index in [0.717, 1.165) is 28.5 Å². The molecule has 6 rings (SSSR count). The number of hydrogen-bond donors (Lipinski definition) is 1. The fourth-order valence-electron chi connectivity index (χ4n) is 4.38. The maximum absolute atomic E-state index is 14.7. The second kappa shape index (κ2) is 9.28. The van der Waals surface area contributed by atoms with Crippen molar-refractivity contribution < 1.29 is 22.3 Å². The molecule has 1 fully saturated rings. The third kappa shape index (κ3) is 4.82.